The lowest BCUT2D eigenvalue weighted by Gasteiger charge is -2.19. The van der Waals surface area contributed by atoms with Gasteiger partial charge in [-0.15, -0.1) is 0 Å². The lowest BCUT2D eigenvalue weighted by molar-refractivity contribution is 0.0907. The third kappa shape index (κ3) is 1.96. The predicted molar refractivity (Wildman–Crippen MR) is 83.2 cm³/mol. The normalized spacial score (nSPS) is 17.8. The van der Waals surface area contributed by atoms with Crippen LogP contribution in [0, 0.1) is 0 Å². The van der Waals surface area contributed by atoms with Gasteiger partial charge in [-0.25, -0.2) is 0 Å². The second-order valence-electron chi connectivity index (χ2n) is 6.04. The number of benzene rings is 2. The number of carbonyl (C=O) groups is 1. The molecule has 0 saturated heterocycles. The molecule has 1 amide bonds. The van der Waals surface area contributed by atoms with Crippen molar-refractivity contribution in [2.24, 2.45) is 0 Å². The van der Waals surface area contributed by atoms with Crippen LogP contribution in [-0.2, 0) is 6.42 Å². The molecule has 2 aliphatic carbocycles. The van der Waals surface area contributed by atoms with E-state index >= 15 is 0 Å². The molecule has 0 atom stereocenters. The van der Waals surface area contributed by atoms with E-state index in [0.717, 1.165) is 24.8 Å². The van der Waals surface area contributed by atoms with Gasteiger partial charge in [-0.05, 0) is 47.2 Å². The second-order valence-corrected chi connectivity index (χ2v) is 6.04. The zero-order valence-corrected chi connectivity index (χ0v) is 11.7. The Balaban J connectivity index is 1.81. The average Bonchev–Trinajstić information content (AvgIpc) is 3.28. The van der Waals surface area contributed by atoms with Crippen LogP contribution in [0.1, 0.15) is 34.3 Å². The zero-order chi connectivity index (χ0) is 14.4. The Morgan fingerprint density at radius 3 is 2.86 bits per heavy atom. The van der Waals surface area contributed by atoms with E-state index in [1.165, 1.54) is 16.3 Å². The van der Waals surface area contributed by atoms with Gasteiger partial charge < -0.3 is 10.4 Å². The van der Waals surface area contributed by atoms with Crippen LogP contribution in [0.5, 0.6) is 0 Å². The van der Waals surface area contributed by atoms with Gasteiger partial charge >= 0.3 is 0 Å². The molecule has 1 fully saturated rings. The van der Waals surface area contributed by atoms with Gasteiger partial charge in [0.15, 0.2) is 0 Å². The molecule has 2 aromatic rings. The smallest absolute Gasteiger partial charge is 0.252 e. The van der Waals surface area contributed by atoms with Gasteiger partial charge in [-0.1, -0.05) is 36.4 Å². The predicted octanol–water partition coefficient (Wildman–Crippen LogP) is 2.66. The van der Waals surface area contributed by atoms with Crippen LogP contribution >= 0.6 is 0 Å². The Morgan fingerprint density at radius 2 is 2.10 bits per heavy atom. The highest BCUT2D eigenvalue weighted by atomic mass is 16.3. The maximum absolute atomic E-state index is 12.6. The quantitative estimate of drug-likeness (QED) is 0.907. The molecule has 0 bridgehead atoms. The molecule has 3 nitrogen and oxygen atoms in total. The maximum Gasteiger partial charge on any atom is 0.252 e. The molecule has 21 heavy (non-hydrogen) atoms. The molecule has 2 N–H and O–H groups in total. The van der Waals surface area contributed by atoms with Crippen molar-refractivity contribution in [3.63, 3.8) is 0 Å². The van der Waals surface area contributed by atoms with E-state index < -0.39 is 0 Å². The Labute approximate surface area is 123 Å². The number of hydrogen-bond donors (Lipinski definition) is 2. The zero-order valence-electron chi connectivity index (χ0n) is 11.7. The fraction of sp³-hybridized carbons (Fsp3) is 0.278. The van der Waals surface area contributed by atoms with Gasteiger partial charge in [0, 0.05) is 5.56 Å². The lowest BCUT2D eigenvalue weighted by atomic mass is 9.89. The molecule has 2 aliphatic rings. The van der Waals surface area contributed by atoms with E-state index in [-0.39, 0.29) is 18.1 Å². The molecule has 0 spiro atoms. The number of aliphatic hydroxyl groups is 1. The van der Waals surface area contributed by atoms with E-state index in [9.17, 15) is 9.90 Å². The molecule has 1 saturated carbocycles. The number of allylic oxidation sites excluding steroid dienone is 1. The molecule has 4 rings (SSSR count). The summed E-state index contributed by atoms with van der Waals surface area (Å²) in [7, 11) is 0. The SMILES string of the molecule is O=C(NC1(CO)CC1)c1ccc2cccc3c2c1C=CC3. The number of carbonyl (C=O) groups excluding carboxylic acids is 1. The van der Waals surface area contributed by atoms with Crippen molar-refractivity contribution < 1.29 is 9.90 Å². The van der Waals surface area contributed by atoms with Gasteiger partial charge in [0.25, 0.3) is 5.91 Å². The van der Waals surface area contributed by atoms with Crippen molar-refractivity contribution in [3.8, 4) is 0 Å². The largest absolute Gasteiger partial charge is 0.394 e. The summed E-state index contributed by atoms with van der Waals surface area (Å²) in [5, 5.41) is 14.7. The summed E-state index contributed by atoms with van der Waals surface area (Å²) in [5.74, 6) is -0.0835. The first-order chi connectivity index (χ1) is 10.2. The Bertz CT molecular complexity index is 772. The summed E-state index contributed by atoms with van der Waals surface area (Å²) in [6.45, 7) is 0.0166. The third-order valence-corrected chi connectivity index (χ3v) is 4.57. The first-order valence-corrected chi connectivity index (χ1v) is 7.37. The third-order valence-electron chi connectivity index (χ3n) is 4.57. The Morgan fingerprint density at radius 1 is 1.24 bits per heavy atom. The second kappa shape index (κ2) is 4.43. The van der Waals surface area contributed by atoms with E-state index in [0.29, 0.717) is 5.56 Å². The summed E-state index contributed by atoms with van der Waals surface area (Å²) in [6, 6.07) is 10.2. The summed E-state index contributed by atoms with van der Waals surface area (Å²) in [6.07, 6.45) is 6.78. The van der Waals surface area contributed by atoms with Gasteiger partial charge in [-0.3, -0.25) is 4.79 Å². The van der Waals surface area contributed by atoms with Crippen molar-refractivity contribution in [1.29, 1.82) is 0 Å². The fourth-order valence-corrected chi connectivity index (χ4v) is 3.11. The highest BCUT2D eigenvalue weighted by Gasteiger charge is 2.43. The average molecular weight is 279 g/mol. The van der Waals surface area contributed by atoms with Crippen LogP contribution < -0.4 is 5.32 Å². The van der Waals surface area contributed by atoms with Crippen molar-refractivity contribution in [3.05, 3.63) is 53.1 Å². The van der Waals surface area contributed by atoms with Gasteiger partial charge in [0.2, 0.25) is 0 Å². The van der Waals surface area contributed by atoms with Crippen LogP contribution in [-0.4, -0.2) is 23.2 Å². The number of nitrogens with one attached hydrogen (secondary N) is 1. The van der Waals surface area contributed by atoms with E-state index in [1.807, 2.05) is 18.2 Å². The highest BCUT2D eigenvalue weighted by Crippen LogP contribution is 2.36. The Hall–Kier alpha value is -2.13. The summed E-state index contributed by atoms with van der Waals surface area (Å²) in [4.78, 5) is 12.6. The maximum atomic E-state index is 12.6. The van der Waals surface area contributed by atoms with Crippen LogP contribution in [0.4, 0.5) is 0 Å². The van der Waals surface area contributed by atoms with E-state index in [2.05, 4.69) is 29.6 Å². The molecule has 0 aliphatic heterocycles. The number of hydrogen-bond acceptors (Lipinski definition) is 2. The number of amides is 1. The minimum Gasteiger partial charge on any atom is -0.394 e. The number of aliphatic hydroxyl groups excluding tert-OH is 1. The molecule has 3 heteroatoms. The van der Waals surface area contributed by atoms with Gasteiger partial charge in [-0.2, -0.15) is 0 Å². The molecule has 106 valence electrons. The molecular formula is C18H17NO2. The van der Waals surface area contributed by atoms with Crippen LogP contribution in [0.25, 0.3) is 16.8 Å². The summed E-state index contributed by atoms with van der Waals surface area (Å²) < 4.78 is 0. The van der Waals surface area contributed by atoms with Crippen LogP contribution in [0.15, 0.2) is 36.4 Å². The van der Waals surface area contributed by atoms with Gasteiger partial charge in [0.05, 0.1) is 12.1 Å². The number of rotatable bonds is 3. The lowest BCUT2D eigenvalue weighted by Crippen LogP contribution is -2.39. The molecule has 0 aromatic heterocycles. The van der Waals surface area contributed by atoms with Crippen molar-refractivity contribution in [2.75, 3.05) is 6.61 Å². The minimum absolute atomic E-state index is 0.0166. The molecule has 2 aromatic carbocycles. The van der Waals surface area contributed by atoms with Crippen molar-refractivity contribution in [1.82, 2.24) is 5.32 Å². The standard InChI is InChI=1S/C18H17NO2/c20-11-18(9-10-18)19-17(21)15-8-7-13-4-1-3-12-5-2-6-14(15)16(12)13/h1-4,6-8,20H,5,9-11H2,(H,19,21). The fourth-order valence-electron chi connectivity index (χ4n) is 3.11. The first kappa shape index (κ1) is 12.6. The molecule has 0 heterocycles. The molecule has 0 unspecified atom stereocenters. The highest BCUT2D eigenvalue weighted by molar-refractivity contribution is 6.07. The van der Waals surface area contributed by atoms with E-state index in [4.69, 9.17) is 0 Å². The van der Waals surface area contributed by atoms with E-state index in [1.54, 1.807) is 0 Å². The van der Waals surface area contributed by atoms with Crippen LogP contribution in [0.2, 0.25) is 0 Å². The topological polar surface area (TPSA) is 49.3 Å². The summed E-state index contributed by atoms with van der Waals surface area (Å²) >= 11 is 0. The minimum atomic E-state index is -0.378. The summed E-state index contributed by atoms with van der Waals surface area (Å²) in [5.41, 5.74) is 2.59. The Kier molecular flexibility index (Phi) is 2.66. The first-order valence-electron chi connectivity index (χ1n) is 7.37. The molecule has 0 radical (unpaired) electrons. The van der Waals surface area contributed by atoms with Crippen molar-refractivity contribution >= 4 is 22.8 Å². The van der Waals surface area contributed by atoms with Crippen molar-refractivity contribution in [2.45, 2.75) is 24.8 Å². The van der Waals surface area contributed by atoms with Crippen LogP contribution in [0.3, 0.4) is 0 Å². The monoisotopic (exact) mass is 279 g/mol. The van der Waals surface area contributed by atoms with Gasteiger partial charge in [0.1, 0.15) is 0 Å². The molecular weight excluding hydrogens is 262 g/mol.